The smallest absolute Gasteiger partial charge is 0.411 e. The fraction of sp³-hybridized carbons (Fsp3) is 0.200. The quantitative estimate of drug-likeness (QED) is 0.548. The van der Waals surface area contributed by atoms with Gasteiger partial charge in [0.15, 0.2) is 0 Å². The molecule has 0 radical (unpaired) electrons. The third-order valence-corrected chi connectivity index (χ3v) is 2.42. The van der Waals surface area contributed by atoms with E-state index in [1.807, 2.05) is 0 Å². The van der Waals surface area contributed by atoms with E-state index in [-0.39, 0.29) is 17.7 Å². The zero-order chi connectivity index (χ0) is 11.9. The van der Waals surface area contributed by atoms with Gasteiger partial charge in [-0.25, -0.2) is 0 Å². The summed E-state index contributed by atoms with van der Waals surface area (Å²) in [5.74, 6) is -0.649. The zero-order valence-electron chi connectivity index (χ0n) is 7.88. The molecule has 0 aromatic heterocycles. The number of Topliss-reactive ketones (excluding diaryl/α,β-unsaturated/α-hetero) is 1. The maximum Gasteiger partial charge on any atom is 0.416 e. The molecule has 1 aromatic carbocycles. The normalized spacial score (nSPS) is 17.9. The first-order valence-corrected chi connectivity index (χ1v) is 4.39. The van der Waals surface area contributed by atoms with Crippen LogP contribution in [0, 0.1) is 0 Å². The fourth-order valence-electron chi connectivity index (χ4n) is 1.62. The molecule has 0 unspecified atom stereocenters. The van der Waals surface area contributed by atoms with Gasteiger partial charge in [-0.2, -0.15) is 13.2 Å². The van der Waals surface area contributed by atoms with Crippen LogP contribution in [0.4, 0.5) is 13.2 Å². The zero-order valence-corrected chi connectivity index (χ0v) is 7.88. The molecule has 2 rings (SSSR count). The van der Waals surface area contributed by atoms with Crippen LogP contribution in [0.3, 0.4) is 0 Å². The molecule has 1 aromatic rings. The minimum absolute atomic E-state index is 0.0392. The van der Waals surface area contributed by atoms with Crippen molar-refractivity contribution in [1.82, 2.24) is 0 Å². The summed E-state index contributed by atoms with van der Waals surface area (Å²) in [6.07, 6.45) is -4.41. The number of oxime groups is 1. The van der Waals surface area contributed by atoms with Crippen LogP contribution < -0.4 is 0 Å². The molecule has 1 aliphatic rings. The maximum absolute atomic E-state index is 12.4. The summed E-state index contributed by atoms with van der Waals surface area (Å²) in [6, 6.07) is 2.93. The van der Waals surface area contributed by atoms with Gasteiger partial charge in [0.05, 0.1) is 5.56 Å². The lowest BCUT2D eigenvalue weighted by atomic mass is 10.1. The molecule has 3 nitrogen and oxygen atoms in total. The topological polar surface area (TPSA) is 49.7 Å². The Hall–Kier alpha value is -1.85. The molecule has 0 fully saturated rings. The SMILES string of the molecule is O=C1/C(=N/O)Cc2ccc(C(F)(F)F)cc21. The third kappa shape index (κ3) is 1.56. The predicted molar refractivity (Wildman–Crippen MR) is 48.7 cm³/mol. The summed E-state index contributed by atoms with van der Waals surface area (Å²) in [5, 5.41) is 11.2. The molecule has 0 saturated heterocycles. The largest absolute Gasteiger partial charge is 0.416 e. The van der Waals surface area contributed by atoms with Crippen molar-refractivity contribution < 1.29 is 23.2 Å². The van der Waals surface area contributed by atoms with Crippen molar-refractivity contribution in [2.24, 2.45) is 5.16 Å². The predicted octanol–water partition coefficient (Wildman–Crippen LogP) is 2.27. The summed E-state index contributed by atoms with van der Waals surface area (Å²) in [4.78, 5) is 11.4. The van der Waals surface area contributed by atoms with Crippen molar-refractivity contribution in [3.8, 4) is 0 Å². The first-order valence-electron chi connectivity index (χ1n) is 4.39. The number of carbonyl (C=O) groups is 1. The number of hydrogen-bond acceptors (Lipinski definition) is 3. The van der Waals surface area contributed by atoms with E-state index in [0.717, 1.165) is 12.1 Å². The summed E-state index contributed by atoms with van der Waals surface area (Å²) in [6.45, 7) is 0. The number of benzene rings is 1. The number of carbonyl (C=O) groups excluding carboxylic acids is 1. The molecular weight excluding hydrogens is 223 g/mol. The number of ketones is 1. The van der Waals surface area contributed by atoms with Crippen LogP contribution in [0.1, 0.15) is 21.5 Å². The van der Waals surface area contributed by atoms with Gasteiger partial charge >= 0.3 is 6.18 Å². The van der Waals surface area contributed by atoms with Gasteiger partial charge < -0.3 is 5.21 Å². The Kier molecular flexibility index (Phi) is 2.22. The number of hydrogen-bond donors (Lipinski definition) is 1. The second kappa shape index (κ2) is 3.33. The van der Waals surface area contributed by atoms with Gasteiger partial charge in [-0.1, -0.05) is 11.2 Å². The Bertz CT molecular complexity index is 491. The Balaban J connectivity index is 2.51. The van der Waals surface area contributed by atoms with Gasteiger partial charge in [-0.05, 0) is 17.7 Å². The second-order valence-electron chi connectivity index (χ2n) is 3.42. The van der Waals surface area contributed by atoms with E-state index in [2.05, 4.69) is 5.16 Å². The molecule has 0 bridgehead atoms. The number of alkyl halides is 3. The van der Waals surface area contributed by atoms with Gasteiger partial charge in [-0.15, -0.1) is 0 Å². The summed E-state index contributed by atoms with van der Waals surface area (Å²) < 4.78 is 37.1. The molecule has 1 aliphatic carbocycles. The Morgan fingerprint density at radius 2 is 2.00 bits per heavy atom. The van der Waals surface area contributed by atoms with Crippen LogP contribution in [0.2, 0.25) is 0 Å². The van der Waals surface area contributed by atoms with Crippen molar-refractivity contribution in [3.63, 3.8) is 0 Å². The first-order chi connectivity index (χ1) is 7.43. The summed E-state index contributed by atoms with van der Waals surface area (Å²) in [5.41, 5.74) is -0.596. The van der Waals surface area contributed by atoms with E-state index < -0.39 is 17.5 Å². The van der Waals surface area contributed by atoms with Gasteiger partial charge in [0, 0.05) is 12.0 Å². The second-order valence-corrected chi connectivity index (χ2v) is 3.42. The highest BCUT2D eigenvalue weighted by molar-refractivity contribution is 6.49. The average molecular weight is 229 g/mol. The maximum atomic E-state index is 12.4. The lowest BCUT2D eigenvalue weighted by Gasteiger charge is -2.07. The molecule has 16 heavy (non-hydrogen) atoms. The highest BCUT2D eigenvalue weighted by Crippen LogP contribution is 2.32. The molecule has 1 N–H and O–H groups in total. The van der Waals surface area contributed by atoms with Crippen molar-refractivity contribution in [2.75, 3.05) is 0 Å². The van der Waals surface area contributed by atoms with Crippen LogP contribution in [0.15, 0.2) is 23.4 Å². The van der Waals surface area contributed by atoms with E-state index in [9.17, 15) is 18.0 Å². The molecule has 0 amide bonds. The molecule has 0 aliphatic heterocycles. The number of rotatable bonds is 0. The number of halogens is 3. The van der Waals surface area contributed by atoms with Crippen molar-refractivity contribution in [1.29, 1.82) is 0 Å². The van der Waals surface area contributed by atoms with E-state index in [1.165, 1.54) is 6.07 Å². The lowest BCUT2D eigenvalue weighted by Crippen LogP contribution is -2.09. The number of nitrogens with zero attached hydrogens (tertiary/aromatic N) is 1. The lowest BCUT2D eigenvalue weighted by molar-refractivity contribution is -0.137. The van der Waals surface area contributed by atoms with Crippen LogP contribution in [0.25, 0.3) is 0 Å². The van der Waals surface area contributed by atoms with E-state index in [1.54, 1.807) is 0 Å². The minimum Gasteiger partial charge on any atom is -0.411 e. The highest BCUT2D eigenvalue weighted by Gasteiger charge is 2.34. The molecule has 0 spiro atoms. The van der Waals surface area contributed by atoms with Crippen LogP contribution in [0.5, 0.6) is 0 Å². The van der Waals surface area contributed by atoms with Crippen molar-refractivity contribution >= 4 is 11.5 Å². The molecule has 84 valence electrons. The fourth-order valence-corrected chi connectivity index (χ4v) is 1.62. The summed E-state index contributed by atoms with van der Waals surface area (Å²) in [7, 11) is 0. The average Bonchev–Trinajstić information content (AvgIpc) is 2.54. The van der Waals surface area contributed by atoms with Gasteiger partial charge in [0.1, 0.15) is 5.71 Å². The summed E-state index contributed by atoms with van der Waals surface area (Å²) >= 11 is 0. The van der Waals surface area contributed by atoms with Crippen LogP contribution in [-0.4, -0.2) is 16.7 Å². The molecular formula is C10H6F3NO2. The number of fused-ring (bicyclic) bond motifs is 1. The first kappa shape index (κ1) is 10.7. The van der Waals surface area contributed by atoms with E-state index in [0.29, 0.717) is 5.56 Å². The van der Waals surface area contributed by atoms with Crippen molar-refractivity contribution in [3.05, 3.63) is 34.9 Å². The third-order valence-electron chi connectivity index (χ3n) is 2.42. The standard InChI is InChI=1S/C10H6F3NO2/c11-10(12,13)6-2-1-5-3-8(14-16)9(15)7(5)4-6/h1-2,4,16H,3H2/b14-8+. The Morgan fingerprint density at radius 3 is 2.56 bits per heavy atom. The Morgan fingerprint density at radius 1 is 1.31 bits per heavy atom. The van der Waals surface area contributed by atoms with Crippen LogP contribution in [-0.2, 0) is 12.6 Å². The Labute approximate surface area is 88.2 Å². The van der Waals surface area contributed by atoms with E-state index in [4.69, 9.17) is 5.21 Å². The monoisotopic (exact) mass is 229 g/mol. The van der Waals surface area contributed by atoms with Crippen LogP contribution >= 0.6 is 0 Å². The molecule has 0 atom stereocenters. The molecule has 0 saturated carbocycles. The van der Waals surface area contributed by atoms with Gasteiger partial charge in [0.25, 0.3) is 0 Å². The van der Waals surface area contributed by atoms with Crippen molar-refractivity contribution in [2.45, 2.75) is 12.6 Å². The minimum atomic E-state index is -4.48. The highest BCUT2D eigenvalue weighted by atomic mass is 19.4. The van der Waals surface area contributed by atoms with Gasteiger partial charge in [-0.3, -0.25) is 4.79 Å². The molecule has 6 heteroatoms. The van der Waals surface area contributed by atoms with E-state index >= 15 is 0 Å². The van der Waals surface area contributed by atoms with Gasteiger partial charge in [0.2, 0.25) is 5.78 Å². The molecule has 0 heterocycles.